The Morgan fingerprint density at radius 2 is 1.89 bits per heavy atom. The van der Waals surface area contributed by atoms with E-state index in [9.17, 15) is 17.2 Å². The predicted octanol–water partition coefficient (Wildman–Crippen LogP) is 4.32. The van der Waals surface area contributed by atoms with Crippen LogP contribution >= 0.6 is 0 Å². The molecule has 2 bridgehead atoms. The lowest BCUT2D eigenvalue weighted by Gasteiger charge is -2.37. The van der Waals surface area contributed by atoms with Crippen LogP contribution in [-0.2, 0) is 21.8 Å². The number of imidazole rings is 1. The zero-order valence-electron chi connectivity index (χ0n) is 21.2. The molecule has 3 aromatic heterocycles. The van der Waals surface area contributed by atoms with Gasteiger partial charge in [0.1, 0.15) is 27.2 Å². The van der Waals surface area contributed by atoms with E-state index >= 15 is 0 Å². The molecular formula is C27H26F2N6O2S. The van der Waals surface area contributed by atoms with Gasteiger partial charge in [-0.3, -0.25) is 0 Å². The Morgan fingerprint density at radius 3 is 2.63 bits per heavy atom. The van der Waals surface area contributed by atoms with Gasteiger partial charge in [0, 0.05) is 19.0 Å². The van der Waals surface area contributed by atoms with Gasteiger partial charge in [0.25, 0.3) is 0 Å². The minimum atomic E-state index is -3.16. The van der Waals surface area contributed by atoms with Crippen molar-refractivity contribution < 1.29 is 17.2 Å². The first-order valence-electron chi connectivity index (χ1n) is 12.4. The minimum Gasteiger partial charge on any atom is -0.327 e. The summed E-state index contributed by atoms with van der Waals surface area (Å²) < 4.78 is 54.2. The van der Waals surface area contributed by atoms with Crippen molar-refractivity contribution in [2.75, 3.05) is 12.0 Å². The molecule has 0 unspecified atom stereocenters. The Kier molecular flexibility index (Phi) is 5.50. The van der Waals surface area contributed by atoms with Crippen LogP contribution in [0.25, 0.3) is 22.8 Å². The third-order valence-corrected chi connectivity index (χ3v) is 9.26. The summed E-state index contributed by atoms with van der Waals surface area (Å²) in [5.74, 6) is -0.828. The fraction of sp³-hybridized carbons (Fsp3) is 0.370. The monoisotopic (exact) mass is 536 g/mol. The van der Waals surface area contributed by atoms with E-state index in [1.807, 2.05) is 6.07 Å². The molecule has 0 aliphatic heterocycles. The van der Waals surface area contributed by atoms with Gasteiger partial charge < -0.3 is 4.57 Å². The molecule has 2 atom stereocenters. The van der Waals surface area contributed by atoms with Crippen molar-refractivity contribution in [2.24, 2.45) is 5.41 Å². The lowest BCUT2D eigenvalue weighted by Crippen LogP contribution is -2.38. The van der Waals surface area contributed by atoms with Gasteiger partial charge in [0.05, 0.1) is 46.3 Å². The second-order valence-electron chi connectivity index (χ2n) is 10.7. The van der Waals surface area contributed by atoms with Gasteiger partial charge in [-0.05, 0) is 54.0 Å². The van der Waals surface area contributed by atoms with Gasteiger partial charge in [0.2, 0.25) is 0 Å². The quantitative estimate of drug-likeness (QED) is 0.361. The molecule has 0 amide bonds. The fourth-order valence-electron chi connectivity index (χ4n) is 6.43. The van der Waals surface area contributed by atoms with E-state index in [0.717, 1.165) is 29.8 Å². The lowest BCUT2D eigenvalue weighted by atomic mass is 9.66. The summed E-state index contributed by atoms with van der Waals surface area (Å²) in [7, 11) is -3.16. The van der Waals surface area contributed by atoms with Gasteiger partial charge in [-0.25, -0.2) is 32.2 Å². The average molecular weight is 537 g/mol. The molecule has 3 heterocycles. The van der Waals surface area contributed by atoms with Gasteiger partial charge >= 0.3 is 0 Å². The minimum absolute atomic E-state index is 0.0252. The highest BCUT2D eigenvalue weighted by Gasteiger charge is 2.65. The molecule has 0 spiro atoms. The van der Waals surface area contributed by atoms with Crippen LogP contribution < -0.4 is 0 Å². The Morgan fingerprint density at radius 1 is 1.13 bits per heavy atom. The molecule has 0 N–H and O–H groups in total. The van der Waals surface area contributed by atoms with Gasteiger partial charge in [-0.1, -0.05) is 19.9 Å². The van der Waals surface area contributed by atoms with Crippen molar-refractivity contribution in [2.45, 2.75) is 44.6 Å². The Bertz CT molecular complexity index is 1670. The van der Waals surface area contributed by atoms with E-state index in [-0.39, 0.29) is 34.9 Å². The van der Waals surface area contributed by atoms with Crippen molar-refractivity contribution in [1.82, 2.24) is 29.7 Å². The number of hydrogen-bond acceptors (Lipinski definition) is 7. The number of halogens is 2. The molecule has 2 aliphatic carbocycles. The van der Waals surface area contributed by atoms with E-state index in [2.05, 4.69) is 34.0 Å². The number of hydrogen-bond donors (Lipinski definition) is 0. The SMILES string of the molecule is CC1(C)[C@H]2CC[C@]1(c1ccnc(-c3cncn3CCS(C)(=O)=O)n1)c1nnc(-c3c(F)cccc3F)cc12. The Hall–Kier alpha value is -3.60. The van der Waals surface area contributed by atoms with Crippen LogP contribution in [0.3, 0.4) is 0 Å². The molecule has 0 saturated heterocycles. The smallest absolute Gasteiger partial charge is 0.178 e. The standard InChI is InChI=1S/C27H26F2N6O2S/c1-26(2)17-7-9-27(26,24-16(17)13-20(33-34-24)23-18(28)5-4-6-19(23)29)22-8-10-31-25(32-22)21-14-30-15-35(21)11-12-38(3,36)37/h4-6,8,10,13-15,17H,7,9,11-12H2,1-3H3/t17-,27-/m0/s1. The second-order valence-corrected chi connectivity index (χ2v) is 13.0. The van der Waals surface area contributed by atoms with Crippen molar-refractivity contribution in [3.05, 3.63) is 77.6 Å². The number of sulfone groups is 1. The normalized spacial score (nSPS) is 21.6. The van der Waals surface area contributed by atoms with Crippen LogP contribution in [0.2, 0.25) is 0 Å². The molecule has 6 rings (SSSR count). The number of rotatable bonds is 6. The number of aromatic nitrogens is 6. The number of aryl methyl sites for hydroxylation is 1. The van der Waals surface area contributed by atoms with Crippen molar-refractivity contribution in [1.29, 1.82) is 0 Å². The third kappa shape index (κ3) is 3.58. The summed E-state index contributed by atoms with van der Waals surface area (Å²) in [5.41, 5.74) is 2.25. The molecule has 0 radical (unpaired) electrons. The first-order valence-corrected chi connectivity index (χ1v) is 14.4. The maximum Gasteiger partial charge on any atom is 0.178 e. The van der Waals surface area contributed by atoms with E-state index in [1.165, 1.54) is 24.5 Å². The number of nitrogens with zero attached hydrogens (tertiary/aromatic N) is 6. The van der Waals surface area contributed by atoms with Gasteiger partial charge in [-0.2, -0.15) is 5.10 Å². The Balaban J connectivity index is 1.45. The van der Waals surface area contributed by atoms with Gasteiger partial charge in [-0.15, -0.1) is 5.10 Å². The summed E-state index contributed by atoms with van der Waals surface area (Å²) in [6.07, 6.45) is 7.75. The highest BCUT2D eigenvalue weighted by atomic mass is 32.2. The van der Waals surface area contributed by atoms with Crippen LogP contribution in [0.1, 0.15) is 49.6 Å². The maximum absolute atomic E-state index is 14.5. The van der Waals surface area contributed by atoms with Gasteiger partial charge in [0.15, 0.2) is 5.82 Å². The predicted molar refractivity (Wildman–Crippen MR) is 137 cm³/mol. The molecule has 38 heavy (non-hydrogen) atoms. The second kappa shape index (κ2) is 8.45. The zero-order chi connectivity index (χ0) is 26.9. The summed E-state index contributed by atoms with van der Waals surface area (Å²) in [6.45, 7) is 4.59. The molecule has 1 aromatic carbocycles. The van der Waals surface area contributed by atoms with Crippen LogP contribution in [0, 0.1) is 17.0 Å². The van der Waals surface area contributed by atoms with Crippen LogP contribution in [0.15, 0.2) is 49.1 Å². The molecule has 1 saturated carbocycles. The molecular weight excluding hydrogens is 510 g/mol. The molecule has 4 aromatic rings. The highest BCUT2D eigenvalue weighted by molar-refractivity contribution is 7.90. The largest absolute Gasteiger partial charge is 0.327 e. The van der Waals surface area contributed by atoms with Crippen molar-refractivity contribution in [3.8, 4) is 22.8 Å². The van der Waals surface area contributed by atoms with Crippen molar-refractivity contribution in [3.63, 3.8) is 0 Å². The van der Waals surface area contributed by atoms with E-state index in [4.69, 9.17) is 4.98 Å². The molecule has 11 heteroatoms. The highest BCUT2D eigenvalue weighted by Crippen LogP contribution is 2.69. The maximum atomic E-state index is 14.5. The molecule has 8 nitrogen and oxygen atoms in total. The molecule has 2 aliphatic rings. The van der Waals surface area contributed by atoms with E-state index in [0.29, 0.717) is 11.5 Å². The fourth-order valence-corrected chi connectivity index (χ4v) is 6.95. The summed E-state index contributed by atoms with van der Waals surface area (Å²) in [5, 5.41) is 8.87. The topological polar surface area (TPSA) is 104 Å². The third-order valence-electron chi connectivity index (χ3n) is 8.34. The number of benzene rings is 1. The van der Waals surface area contributed by atoms with E-state index in [1.54, 1.807) is 29.4 Å². The molecule has 196 valence electrons. The van der Waals surface area contributed by atoms with Crippen LogP contribution in [0.5, 0.6) is 0 Å². The lowest BCUT2D eigenvalue weighted by molar-refractivity contribution is 0.243. The van der Waals surface area contributed by atoms with E-state index < -0.39 is 26.9 Å². The molecule has 1 fully saturated rings. The van der Waals surface area contributed by atoms with Crippen LogP contribution in [0.4, 0.5) is 8.78 Å². The average Bonchev–Trinajstić information content (AvgIpc) is 3.50. The van der Waals surface area contributed by atoms with Crippen LogP contribution in [-0.4, -0.2) is 50.1 Å². The summed E-state index contributed by atoms with van der Waals surface area (Å²) in [4.78, 5) is 13.6. The van der Waals surface area contributed by atoms with Crippen molar-refractivity contribution >= 4 is 9.84 Å². The first-order chi connectivity index (χ1) is 18.0. The summed E-state index contributed by atoms with van der Waals surface area (Å²) in [6, 6.07) is 7.42. The first kappa shape index (κ1) is 24.7. The number of fused-ring (bicyclic) bond motifs is 5. The Labute approximate surface area is 219 Å². The summed E-state index contributed by atoms with van der Waals surface area (Å²) >= 11 is 0. The zero-order valence-corrected chi connectivity index (χ0v) is 22.0.